The minimum Gasteiger partial charge on any atom is -0.396 e. The highest BCUT2D eigenvalue weighted by Gasteiger charge is 2.46. The number of H-pyrrole nitrogens is 1. The summed E-state index contributed by atoms with van der Waals surface area (Å²) in [6.45, 7) is 9.20. The van der Waals surface area contributed by atoms with Gasteiger partial charge in [0, 0.05) is 111 Å². The van der Waals surface area contributed by atoms with Crippen LogP contribution >= 0.6 is 23.5 Å². The van der Waals surface area contributed by atoms with Crippen LogP contribution in [-0.2, 0) is 73.5 Å². The zero-order chi connectivity index (χ0) is 80.1. The second kappa shape index (κ2) is 44.7. The number of Topliss-reactive ketones (excluding diaryl/α,β-unsaturated/α-hetero) is 5. The first-order valence-corrected chi connectivity index (χ1v) is 40.3. The summed E-state index contributed by atoms with van der Waals surface area (Å²) < 4.78 is 1.58. The van der Waals surface area contributed by atoms with Crippen molar-refractivity contribution in [1.29, 1.82) is 0 Å². The molecule has 3 heterocycles. The molecule has 0 bridgehead atoms. The fourth-order valence-electron chi connectivity index (χ4n) is 13.8. The van der Waals surface area contributed by atoms with Crippen LogP contribution in [0, 0.1) is 41.4 Å². The summed E-state index contributed by atoms with van der Waals surface area (Å²) in [5.74, 6) is -16.4. The van der Waals surface area contributed by atoms with Crippen LogP contribution in [0.3, 0.4) is 0 Å². The van der Waals surface area contributed by atoms with Gasteiger partial charge in [-0.2, -0.15) is 23.5 Å². The average Bonchev–Trinajstić information content (AvgIpc) is 1.63. The highest BCUT2D eigenvalue weighted by Crippen LogP contribution is 2.36. The van der Waals surface area contributed by atoms with E-state index >= 15 is 14.4 Å². The number of guanidine groups is 1. The fourth-order valence-corrected chi connectivity index (χ4v) is 14.7. The summed E-state index contributed by atoms with van der Waals surface area (Å²) in [6, 6.07) is -2.60. The monoisotopic (exact) mass is 1550 g/mol. The number of carbonyl (C=O) groups excluding carboxylic acids is 14. The molecule has 108 heavy (non-hydrogen) atoms. The Morgan fingerprint density at radius 2 is 1.23 bits per heavy atom. The van der Waals surface area contributed by atoms with Gasteiger partial charge in [0.25, 0.3) is 0 Å². The van der Waals surface area contributed by atoms with Crippen LogP contribution in [0.5, 0.6) is 0 Å². The van der Waals surface area contributed by atoms with Gasteiger partial charge in [0.1, 0.15) is 17.9 Å². The molecule has 1 aromatic carbocycles. The maximum absolute atomic E-state index is 15.6. The molecule has 1 saturated carbocycles. The summed E-state index contributed by atoms with van der Waals surface area (Å²) in [5, 5.41) is 34.2. The van der Waals surface area contributed by atoms with E-state index in [0.29, 0.717) is 47.2 Å². The number of ketones is 5. The minimum absolute atomic E-state index is 0.0429. The number of aromatic nitrogens is 4. The molecule has 3 aromatic rings. The Balaban J connectivity index is 1.43. The summed E-state index contributed by atoms with van der Waals surface area (Å²) in [4.78, 5) is 204. The van der Waals surface area contributed by atoms with Crippen molar-refractivity contribution in [1.82, 2.24) is 51.5 Å². The van der Waals surface area contributed by atoms with Crippen LogP contribution in [0.15, 0.2) is 41.7 Å². The molecule has 3 unspecified atom stereocenters. The van der Waals surface area contributed by atoms with E-state index in [2.05, 4.69) is 46.9 Å². The molecule has 34 heteroatoms. The third kappa shape index (κ3) is 27.2. The highest BCUT2D eigenvalue weighted by atomic mass is 32.2. The number of nitrogens with zero attached hydrogens (tertiary/aromatic N) is 5. The summed E-state index contributed by atoms with van der Waals surface area (Å²) in [5.41, 5.74) is 36.0. The second-order valence-corrected chi connectivity index (χ2v) is 30.9. The van der Waals surface area contributed by atoms with E-state index in [1.165, 1.54) is 35.3 Å². The van der Waals surface area contributed by atoms with Gasteiger partial charge in [-0.3, -0.25) is 72.1 Å². The summed E-state index contributed by atoms with van der Waals surface area (Å²) in [7, 11) is 0. The standard InChI is InChI=1S/C74H115N17O15S2/c1-9-40(4)50(34-59(93)51(75)20-16-24-81-74(79)80)71(104)85-56(35-65(77)99)62(96)30-45(32-64(76)98)69(102)87-66(41(5)10-2)73(106)90-37-48(91-38-57(88-89-91)43-17-12-13-18-43)33-58(90)72(105)86-55(28-46-36-82-53-21-15-14-19-49(46)53)63(97)31-47(39-92)70(103)83-52(11-3)60(94)27-42(6)68(101)84-54(23-26-108-8)61(95)29-44(67(78)100)22-25-107-7/h14-15,19,21,36,38,40-45,47-48,50-52,54-56,58,66,82,92H,9-13,16-18,20,22-35,37,39,75H2,1-8H3,(H2,76,98)(H2,77,99)(H2,78,100)(H,83,103)(H,84,101)(H,85,104)(H,86,105)(H,87,102)(H4,79,80,81)/t40?,41?,42-,44-,45+,47+,48+,50+,51+,52+,54+,55+,56+,58?,66+/m1/s1. The Bertz CT molecular complexity index is 3630. The molecule has 9 amide bonds. The smallest absolute Gasteiger partial charge is 0.246 e. The molecule has 1 aliphatic carbocycles. The summed E-state index contributed by atoms with van der Waals surface area (Å²) in [6.07, 6.45) is 8.74. The lowest BCUT2D eigenvalue weighted by atomic mass is 9.84. The van der Waals surface area contributed by atoms with Crippen LogP contribution in [0.2, 0.25) is 0 Å². The van der Waals surface area contributed by atoms with Crippen LogP contribution in [0.4, 0.5) is 0 Å². The van der Waals surface area contributed by atoms with Crippen LogP contribution in [-0.4, -0.2) is 204 Å². The average molecular weight is 1550 g/mol. The highest BCUT2D eigenvalue weighted by molar-refractivity contribution is 7.98. The number of primary amides is 3. The number of aliphatic hydroxyl groups is 1. The number of amides is 9. The molecular weight excluding hydrogens is 1430 g/mol. The van der Waals surface area contributed by atoms with Crippen molar-refractivity contribution < 1.29 is 72.2 Å². The molecule has 19 N–H and O–H groups in total. The van der Waals surface area contributed by atoms with E-state index in [1.807, 2.05) is 18.6 Å². The normalized spacial score (nSPS) is 18.1. The Hall–Kier alpha value is -8.63. The minimum atomic E-state index is -1.65. The van der Waals surface area contributed by atoms with E-state index in [4.69, 9.17) is 34.4 Å². The zero-order valence-electron chi connectivity index (χ0n) is 63.6. The van der Waals surface area contributed by atoms with E-state index in [0.717, 1.165) is 31.4 Å². The molecule has 32 nitrogen and oxygen atoms in total. The lowest BCUT2D eigenvalue weighted by molar-refractivity contribution is -0.144. The van der Waals surface area contributed by atoms with E-state index in [-0.39, 0.29) is 88.5 Å². The number of aromatic amines is 1. The predicted molar refractivity (Wildman–Crippen MR) is 410 cm³/mol. The first kappa shape index (κ1) is 90.0. The van der Waals surface area contributed by atoms with Gasteiger partial charge in [0.05, 0.1) is 66.8 Å². The topological polar surface area (TPSA) is 538 Å². The predicted octanol–water partition coefficient (Wildman–Crippen LogP) is 1.74. The molecule has 1 saturated heterocycles. The van der Waals surface area contributed by atoms with Crippen LogP contribution < -0.4 is 61.0 Å². The molecule has 0 radical (unpaired) electrons. The molecule has 2 fully saturated rings. The van der Waals surface area contributed by atoms with Gasteiger partial charge in [0.15, 0.2) is 29.1 Å². The Kier molecular flexibility index (Phi) is 37.3. The number of hydrogen-bond donors (Lipinski definition) is 13. The Morgan fingerprint density at radius 1 is 0.639 bits per heavy atom. The number of thioether (sulfide) groups is 2. The lowest BCUT2D eigenvalue weighted by Crippen LogP contribution is -2.58. The molecule has 598 valence electrons. The van der Waals surface area contributed by atoms with Gasteiger partial charge in [-0.05, 0) is 92.4 Å². The quantitative estimate of drug-likeness (QED) is 0.0217. The number of likely N-dealkylation sites (tertiary alicyclic amines) is 1. The third-order valence-electron chi connectivity index (χ3n) is 20.9. The largest absolute Gasteiger partial charge is 0.396 e. The van der Waals surface area contributed by atoms with E-state index in [9.17, 15) is 57.8 Å². The summed E-state index contributed by atoms with van der Waals surface area (Å²) >= 11 is 2.96. The van der Waals surface area contributed by atoms with Gasteiger partial charge in [0.2, 0.25) is 53.2 Å². The van der Waals surface area contributed by atoms with Crippen molar-refractivity contribution in [3.8, 4) is 0 Å². The first-order valence-electron chi connectivity index (χ1n) is 37.5. The molecule has 15 atom stereocenters. The number of aliphatic imine (C=N–C) groups is 1. The Morgan fingerprint density at radius 3 is 1.85 bits per heavy atom. The van der Waals surface area contributed by atoms with Crippen molar-refractivity contribution in [2.45, 2.75) is 224 Å². The molecule has 2 aromatic heterocycles. The maximum atomic E-state index is 15.6. The number of nitrogens with two attached hydrogens (primary N) is 6. The number of rotatable bonds is 51. The van der Waals surface area contributed by atoms with Crippen molar-refractivity contribution in [2.75, 3.05) is 43.7 Å². The molecule has 1 aliphatic heterocycles. The second-order valence-electron chi connectivity index (χ2n) is 29.0. The number of para-hydroxylation sites is 1. The van der Waals surface area contributed by atoms with Gasteiger partial charge in [-0.1, -0.05) is 90.6 Å². The van der Waals surface area contributed by atoms with Crippen molar-refractivity contribution >= 4 is 122 Å². The van der Waals surface area contributed by atoms with Gasteiger partial charge < -0.3 is 76.0 Å². The fraction of sp³-hybridized carbons (Fsp3) is 0.662. The number of nitrogens with one attached hydrogen (secondary N) is 6. The SMILES string of the molecule is CCC(C)[C@H](CC(=O)[C@@H](N)CCCN=C(N)N)C(=O)N[C@@H](CC(N)=O)C(=O)C[C@@H](CC(N)=O)C(=O)N[C@H](C(=O)N1C[C@@H](n2cc(C3CCCC3)nn2)CC1C(=O)N[C@@H](Cc1c[nH]c2ccccc12)C(=O)C[C@@H](CO)C(=O)N[C@@H](CC)C(=O)C[C@@H](C)C(=O)N[C@@H](CCSC)C(=O)C[C@@H](CCSC)C(N)=O)C(C)CC. The molecular formula is C74H115N17O15S2. The van der Waals surface area contributed by atoms with Gasteiger partial charge >= 0.3 is 0 Å². The van der Waals surface area contributed by atoms with E-state index < -0.39 is 198 Å². The van der Waals surface area contributed by atoms with E-state index in [1.54, 1.807) is 69.9 Å². The number of carbonyl (C=O) groups is 14. The Labute approximate surface area is 639 Å². The van der Waals surface area contributed by atoms with Crippen LogP contribution in [0.25, 0.3) is 10.9 Å². The first-order chi connectivity index (χ1) is 51.3. The number of fused-ring (bicyclic) bond motifs is 1. The lowest BCUT2D eigenvalue weighted by Gasteiger charge is -2.33. The van der Waals surface area contributed by atoms with Crippen molar-refractivity contribution in [3.05, 3.63) is 47.9 Å². The van der Waals surface area contributed by atoms with Crippen LogP contribution in [0.1, 0.15) is 187 Å². The molecule has 5 rings (SSSR count). The van der Waals surface area contributed by atoms with Gasteiger partial charge in [-0.15, -0.1) is 5.10 Å². The number of aliphatic hydroxyl groups excluding tert-OH is 1. The maximum Gasteiger partial charge on any atom is 0.246 e. The van der Waals surface area contributed by atoms with Crippen molar-refractivity contribution in [2.24, 2.45) is 80.8 Å². The van der Waals surface area contributed by atoms with Gasteiger partial charge in [-0.25, -0.2) is 4.68 Å². The number of benzene rings is 1. The zero-order valence-corrected chi connectivity index (χ0v) is 65.2. The molecule has 0 spiro atoms. The van der Waals surface area contributed by atoms with Crippen molar-refractivity contribution in [3.63, 3.8) is 0 Å². The molecule has 2 aliphatic rings. The third-order valence-corrected chi connectivity index (χ3v) is 22.2. The number of hydrogen-bond acceptors (Lipinski definition) is 21.